The van der Waals surface area contributed by atoms with Crippen LogP contribution >= 0.6 is 0 Å². The highest BCUT2D eigenvalue weighted by Crippen LogP contribution is 2.26. The molecule has 0 aromatic carbocycles. The minimum atomic E-state index is 0.976. The standard InChI is InChI=1S/C20H40/c1-6-10-14-19(12-8-3)17-16-18(5)20(13-9-4)15-11-7-2/h19H,6-17H2,1-5H3. The molecule has 0 aliphatic carbocycles. The monoisotopic (exact) mass is 280 g/mol. The minimum Gasteiger partial charge on any atom is -0.0741 e. The SMILES string of the molecule is CCCCC(CCC)=C(C)CCC(CCC)CCCC. The molecule has 0 aromatic rings. The fourth-order valence-corrected chi connectivity index (χ4v) is 3.18. The predicted molar refractivity (Wildman–Crippen MR) is 94.3 cm³/mol. The van der Waals surface area contributed by atoms with Gasteiger partial charge < -0.3 is 0 Å². The molecule has 0 spiro atoms. The van der Waals surface area contributed by atoms with Crippen molar-refractivity contribution in [1.29, 1.82) is 0 Å². The van der Waals surface area contributed by atoms with Crippen LogP contribution in [0.2, 0.25) is 0 Å². The summed E-state index contributed by atoms with van der Waals surface area (Å²) in [6.07, 6.45) is 16.5. The highest BCUT2D eigenvalue weighted by Gasteiger charge is 2.09. The van der Waals surface area contributed by atoms with Crippen molar-refractivity contribution < 1.29 is 0 Å². The van der Waals surface area contributed by atoms with Crippen molar-refractivity contribution in [2.75, 3.05) is 0 Å². The lowest BCUT2D eigenvalue weighted by molar-refractivity contribution is 0.401. The van der Waals surface area contributed by atoms with Crippen LogP contribution in [-0.4, -0.2) is 0 Å². The smallest absolute Gasteiger partial charge is 0.0318 e. The van der Waals surface area contributed by atoms with Gasteiger partial charge in [0.1, 0.15) is 0 Å². The van der Waals surface area contributed by atoms with Crippen molar-refractivity contribution in [3.05, 3.63) is 11.1 Å². The van der Waals surface area contributed by atoms with E-state index in [1.807, 2.05) is 0 Å². The van der Waals surface area contributed by atoms with E-state index in [0.29, 0.717) is 0 Å². The van der Waals surface area contributed by atoms with Gasteiger partial charge in [-0.3, -0.25) is 0 Å². The molecule has 120 valence electrons. The van der Waals surface area contributed by atoms with E-state index in [9.17, 15) is 0 Å². The van der Waals surface area contributed by atoms with Gasteiger partial charge in [-0.25, -0.2) is 0 Å². The lowest BCUT2D eigenvalue weighted by Gasteiger charge is -2.18. The van der Waals surface area contributed by atoms with E-state index >= 15 is 0 Å². The van der Waals surface area contributed by atoms with Crippen LogP contribution in [-0.2, 0) is 0 Å². The van der Waals surface area contributed by atoms with Crippen molar-refractivity contribution in [3.63, 3.8) is 0 Å². The Labute approximate surface area is 129 Å². The van der Waals surface area contributed by atoms with Crippen LogP contribution in [0.1, 0.15) is 112 Å². The molecule has 0 N–H and O–H groups in total. The summed E-state index contributed by atoms with van der Waals surface area (Å²) in [5.74, 6) is 0.976. The van der Waals surface area contributed by atoms with Gasteiger partial charge in [-0.05, 0) is 44.9 Å². The highest BCUT2D eigenvalue weighted by atomic mass is 14.2. The third-order valence-corrected chi connectivity index (χ3v) is 4.58. The Kier molecular flexibility index (Phi) is 13.5. The van der Waals surface area contributed by atoms with E-state index < -0.39 is 0 Å². The van der Waals surface area contributed by atoms with Crippen LogP contribution in [0.5, 0.6) is 0 Å². The average Bonchev–Trinajstić information content (AvgIpc) is 2.46. The molecule has 0 nitrogen and oxygen atoms in total. The molecule has 0 aliphatic heterocycles. The zero-order valence-electron chi connectivity index (χ0n) is 15.1. The lowest BCUT2D eigenvalue weighted by Crippen LogP contribution is -2.02. The van der Waals surface area contributed by atoms with E-state index in [-0.39, 0.29) is 0 Å². The fraction of sp³-hybridized carbons (Fsp3) is 0.900. The summed E-state index contributed by atoms with van der Waals surface area (Å²) in [5, 5.41) is 0. The predicted octanol–water partition coefficient (Wildman–Crippen LogP) is 7.68. The van der Waals surface area contributed by atoms with Gasteiger partial charge in [0.2, 0.25) is 0 Å². The molecule has 0 heterocycles. The molecule has 0 fully saturated rings. The summed E-state index contributed by atoms with van der Waals surface area (Å²) in [6.45, 7) is 11.7. The second-order valence-electron chi connectivity index (χ2n) is 6.57. The van der Waals surface area contributed by atoms with Crippen LogP contribution in [0.3, 0.4) is 0 Å². The molecule has 1 atom stereocenters. The fourth-order valence-electron chi connectivity index (χ4n) is 3.18. The van der Waals surface area contributed by atoms with Crippen LogP contribution < -0.4 is 0 Å². The molecular weight excluding hydrogens is 240 g/mol. The number of rotatable bonds is 13. The first-order valence-electron chi connectivity index (χ1n) is 9.36. The summed E-state index contributed by atoms with van der Waals surface area (Å²) >= 11 is 0. The maximum Gasteiger partial charge on any atom is -0.0318 e. The maximum atomic E-state index is 2.41. The van der Waals surface area contributed by atoms with E-state index in [4.69, 9.17) is 0 Å². The second-order valence-corrected chi connectivity index (χ2v) is 6.57. The van der Waals surface area contributed by atoms with Gasteiger partial charge in [0.15, 0.2) is 0 Å². The highest BCUT2D eigenvalue weighted by molar-refractivity contribution is 5.12. The zero-order valence-corrected chi connectivity index (χ0v) is 15.1. The molecular formula is C20H40. The van der Waals surface area contributed by atoms with Gasteiger partial charge in [-0.1, -0.05) is 83.8 Å². The molecule has 20 heavy (non-hydrogen) atoms. The molecule has 0 saturated heterocycles. The van der Waals surface area contributed by atoms with Crippen LogP contribution in [0.25, 0.3) is 0 Å². The van der Waals surface area contributed by atoms with Gasteiger partial charge >= 0.3 is 0 Å². The summed E-state index contributed by atoms with van der Waals surface area (Å²) in [4.78, 5) is 0. The molecule has 0 saturated carbocycles. The number of hydrogen-bond donors (Lipinski definition) is 0. The quantitative estimate of drug-likeness (QED) is 0.303. The van der Waals surface area contributed by atoms with E-state index in [0.717, 1.165) is 5.92 Å². The van der Waals surface area contributed by atoms with E-state index in [2.05, 4.69) is 34.6 Å². The normalized spacial score (nSPS) is 14.2. The molecule has 0 bridgehead atoms. The number of hydrogen-bond acceptors (Lipinski definition) is 0. The largest absolute Gasteiger partial charge is 0.0741 e. The minimum absolute atomic E-state index is 0.976. The molecule has 0 radical (unpaired) electrons. The van der Waals surface area contributed by atoms with Crippen molar-refractivity contribution in [2.24, 2.45) is 5.92 Å². The van der Waals surface area contributed by atoms with Crippen LogP contribution in [0.15, 0.2) is 11.1 Å². The molecule has 0 aliphatic rings. The Hall–Kier alpha value is -0.260. The van der Waals surface area contributed by atoms with E-state index in [1.165, 1.54) is 77.0 Å². The van der Waals surface area contributed by atoms with Gasteiger partial charge in [-0.2, -0.15) is 0 Å². The third-order valence-electron chi connectivity index (χ3n) is 4.58. The molecule has 0 heteroatoms. The van der Waals surface area contributed by atoms with Gasteiger partial charge in [-0.15, -0.1) is 0 Å². The average molecular weight is 281 g/mol. The molecule has 0 aromatic heterocycles. The Bertz CT molecular complexity index is 236. The maximum absolute atomic E-state index is 2.41. The Morgan fingerprint density at radius 2 is 1.35 bits per heavy atom. The Morgan fingerprint density at radius 1 is 0.650 bits per heavy atom. The van der Waals surface area contributed by atoms with Crippen molar-refractivity contribution in [3.8, 4) is 0 Å². The first-order valence-corrected chi connectivity index (χ1v) is 9.36. The first-order chi connectivity index (χ1) is 9.69. The summed E-state index contributed by atoms with van der Waals surface area (Å²) in [6, 6.07) is 0. The van der Waals surface area contributed by atoms with E-state index in [1.54, 1.807) is 11.1 Å². The van der Waals surface area contributed by atoms with Crippen LogP contribution in [0.4, 0.5) is 0 Å². The van der Waals surface area contributed by atoms with Crippen molar-refractivity contribution >= 4 is 0 Å². The van der Waals surface area contributed by atoms with Crippen molar-refractivity contribution in [1.82, 2.24) is 0 Å². The second kappa shape index (κ2) is 13.7. The number of allylic oxidation sites excluding steroid dienone is 2. The molecule has 0 amide bonds. The van der Waals surface area contributed by atoms with Gasteiger partial charge in [0.25, 0.3) is 0 Å². The Balaban J connectivity index is 4.36. The number of unbranched alkanes of at least 4 members (excludes halogenated alkanes) is 2. The Morgan fingerprint density at radius 3 is 1.90 bits per heavy atom. The molecule has 0 rings (SSSR count). The zero-order chi connectivity index (χ0) is 15.2. The summed E-state index contributed by atoms with van der Waals surface area (Å²) in [7, 11) is 0. The topological polar surface area (TPSA) is 0 Å². The lowest BCUT2D eigenvalue weighted by atomic mass is 9.88. The first kappa shape index (κ1) is 19.7. The summed E-state index contributed by atoms with van der Waals surface area (Å²) in [5.41, 5.74) is 3.50. The van der Waals surface area contributed by atoms with Crippen LogP contribution in [0, 0.1) is 5.92 Å². The van der Waals surface area contributed by atoms with Gasteiger partial charge in [0.05, 0.1) is 0 Å². The molecule has 1 unspecified atom stereocenters. The van der Waals surface area contributed by atoms with Crippen molar-refractivity contribution in [2.45, 2.75) is 112 Å². The summed E-state index contributed by atoms with van der Waals surface area (Å²) < 4.78 is 0. The van der Waals surface area contributed by atoms with Gasteiger partial charge in [0, 0.05) is 0 Å². The third kappa shape index (κ3) is 9.61.